The Balaban J connectivity index is 1.13. The van der Waals surface area contributed by atoms with Gasteiger partial charge in [0.15, 0.2) is 6.61 Å². The summed E-state index contributed by atoms with van der Waals surface area (Å²) >= 11 is 0. The molecule has 1 saturated heterocycles. The van der Waals surface area contributed by atoms with Gasteiger partial charge in [-0.2, -0.15) is 4.98 Å². The average molecular weight is 592 g/mol. The highest BCUT2D eigenvalue weighted by Gasteiger charge is 2.35. The van der Waals surface area contributed by atoms with Crippen molar-refractivity contribution in [1.82, 2.24) is 15.0 Å². The van der Waals surface area contributed by atoms with Crippen molar-refractivity contribution in [2.75, 3.05) is 13.1 Å². The van der Waals surface area contributed by atoms with Crippen molar-refractivity contribution < 1.29 is 23.5 Å². The number of carbonyl (C=O) groups excluding carboxylic acids is 1. The van der Waals surface area contributed by atoms with E-state index < -0.39 is 5.60 Å². The van der Waals surface area contributed by atoms with Crippen LogP contribution in [0.25, 0.3) is 22.2 Å². The molecule has 0 spiro atoms. The lowest BCUT2D eigenvalue weighted by Gasteiger charge is -2.39. The van der Waals surface area contributed by atoms with Gasteiger partial charge in [0.05, 0.1) is 19.3 Å². The highest BCUT2D eigenvalue weighted by Crippen LogP contribution is 2.33. The van der Waals surface area contributed by atoms with Gasteiger partial charge in [-0.1, -0.05) is 84.0 Å². The topological polar surface area (TPSA) is 86.9 Å². The van der Waals surface area contributed by atoms with Crippen LogP contribution in [0.2, 0.25) is 0 Å². The molecule has 0 N–H and O–H groups in total. The van der Waals surface area contributed by atoms with Gasteiger partial charge in [0.1, 0.15) is 11.4 Å². The van der Waals surface area contributed by atoms with Crippen molar-refractivity contribution in [1.29, 1.82) is 0 Å². The Bertz CT molecular complexity index is 1690. The average Bonchev–Trinajstić information content (AvgIpc) is 3.52. The van der Waals surface area contributed by atoms with E-state index in [1.54, 1.807) is 4.90 Å². The molecule has 0 bridgehead atoms. The maximum Gasteiger partial charge on any atom is 0.410 e. The fourth-order valence-corrected chi connectivity index (χ4v) is 5.47. The predicted molar refractivity (Wildman–Crippen MR) is 168 cm³/mol. The van der Waals surface area contributed by atoms with Gasteiger partial charge in [-0.15, -0.1) is 0 Å². The number of hydrogen-bond acceptors (Lipinski definition) is 7. The molecular weight excluding hydrogens is 554 g/mol. The molecule has 2 atom stereocenters. The van der Waals surface area contributed by atoms with Crippen molar-refractivity contribution in [3.05, 3.63) is 114 Å². The number of benzene rings is 4. The lowest BCUT2D eigenvalue weighted by Crippen LogP contribution is -2.48. The SMILES string of the molecule is CC(C)(C)OC(=O)N1CCC(c2ccc(OCc3nc(-c4ccccc4)no3)cc2)C(OCc2ccc3ccccc3c2)C1. The number of piperidine rings is 1. The Morgan fingerprint density at radius 2 is 1.66 bits per heavy atom. The highest BCUT2D eigenvalue weighted by molar-refractivity contribution is 5.82. The van der Waals surface area contributed by atoms with Crippen molar-refractivity contribution in [3.63, 3.8) is 0 Å². The van der Waals surface area contributed by atoms with Crippen molar-refractivity contribution in [2.24, 2.45) is 0 Å². The van der Waals surface area contributed by atoms with Crippen LogP contribution in [0.1, 0.15) is 50.1 Å². The van der Waals surface area contributed by atoms with Gasteiger partial charge in [-0.3, -0.25) is 0 Å². The number of nitrogens with zero attached hydrogens (tertiary/aromatic N) is 3. The number of carbonyl (C=O) groups is 1. The molecule has 44 heavy (non-hydrogen) atoms. The summed E-state index contributed by atoms with van der Waals surface area (Å²) in [6.45, 7) is 7.32. The number of hydrogen-bond donors (Lipinski definition) is 0. The van der Waals surface area contributed by atoms with Gasteiger partial charge < -0.3 is 23.6 Å². The molecule has 8 nitrogen and oxygen atoms in total. The maximum absolute atomic E-state index is 13.0. The van der Waals surface area contributed by atoms with E-state index in [1.165, 1.54) is 10.8 Å². The lowest BCUT2D eigenvalue weighted by molar-refractivity contribution is -0.0359. The van der Waals surface area contributed by atoms with Gasteiger partial charge >= 0.3 is 6.09 Å². The molecule has 2 heterocycles. The van der Waals surface area contributed by atoms with Gasteiger partial charge in [-0.25, -0.2) is 4.79 Å². The van der Waals surface area contributed by atoms with E-state index in [0.29, 0.717) is 37.2 Å². The molecule has 6 rings (SSSR count). The molecule has 1 aromatic heterocycles. The second-order valence-corrected chi connectivity index (χ2v) is 12.1. The summed E-state index contributed by atoms with van der Waals surface area (Å²) in [4.78, 5) is 19.2. The molecule has 4 aromatic carbocycles. The van der Waals surface area contributed by atoms with Crippen LogP contribution in [-0.4, -0.2) is 45.9 Å². The first kappa shape index (κ1) is 29.4. The van der Waals surface area contributed by atoms with Crippen LogP contribution in [0.3, 0.4) is 0 Å². The number of rotatable bonds is 8. The zero-order valence-corrected chi connectivity index (χ0v) is 25.3. The first-order valence-electron chi connectivity index (χ1n) is 15.0. The Labute approximate surface area is 257 Å². The normalized spacial score (nSPS) is 17.0. The first-order valence-corrected chi connectivity index (χ1v) is 15.0. The zero-order valence-electron chi connectivity index (χ0n) is 25.3. The fourth-order valence-electron chi connectivity index (χ4n) is 5.47. The van der Waals surface area contributed by atoms with Crippen molar-refractivity contribution in [2.45, 2.75) is 58.0 Å². The Hall–Kier alpha value is -4.69. The fraction of sp³-hybridized carbons (Fsp3) is 0.306. The molecule has 0 saturated carbocycles. The van der Waals surface area contributed by atoms with E-state index >= 15 is 0 Å². The maximum atomic E-state index is 13.0. The molecule has 1 fully saturated rings. The van der Waals surface area contributed by atoms with E-state index in [0.717, 1.165) is 23.1 Å². The summed E-state index contributed by atoms with van der Waals surface area (Å²) in [6, 6.07) is 32.4. The summed E-state index contributed by atoms with van der Waals surface area (Å²) in [5, 5.41) is 6.43. The van der Waals surface area contributed by atoms with Crippen LogP contribution in [-0.2, 0) is 22.7 Å². The number of amides is 1. The van der Waals surface area contributed by atoms with Crippen molar-refractivity contribution in [3.8, 4) is 17.1 Å². The second kappa shape index (κ2) is 12.9. The minimum absolute atomic E-state index is 0.104. The molecule has 0 aliphatic carbocycles. The standard InChI is InChI=1S/C36H37N3O5/c1-36(2,3)43-35(40)39-20-19-31(32(22-39)42-23-25-13-14-26-9-7-8-12-29(26)21-25)27-15-17-30(18-16-27)41-24-33-37-34(38-44-33)28-10-5-4-6-11-28/h4-18,21,31-32H,19-20,22-24H2,1-3H3. The minimum Gasteiger partial charge on any atom is -0.484 e. The monoisotopic (exact) mass is 591 g/mol. The summed E-state index contributed by atoms with van der Waals surface area (Å²) in [5.74, 6) is 1.75. The van der Waals surface area contributed by atoms with Crippen LogP contribution in [0.4, 0.5) is 4.79 Å². The van der Waals surface area contributed by atoms with Gasteiger partial charge in [-0.05, 0) is 67.3 Å². The zero-order chi connectivity index (χ0) is 30.5. The molecule has 2 unspecified atom stereocenters. The third kappa shape index (κ3) is 7.26. The summed E-state index contributed by atoms with van der Waals surface area (Å²) < 4.78 is 23.6. The van der Waals surface area contributed by atoms with Crippen LogP contribution < -0.4 is 4.74 Å². The third-order valence-electron chi connectivity index (χ3n) is 7.66. The summed E-state index contributed by atoms with van der Waals surface area (Å²) in [5.41, 5.74) is 2.56. The lowest BCUT2D eigenvalue weighted by atomic mass is 9.87. The number of ether oxygens (including phenoxy) is 3. The molecule has 8 heteroatoms. The Kier molecular flexibility index (Phi) is 8.61. The molecule has 1 amide bonds. The molecule has 1 aliphatic rings. The van der Waals surface area contributed by atoms with Crippen LogP contribution in [0.5, 0.6) is 5.75 Å². The van der Waals surface area contributed by atoms with E-state index in [2.05, 4.69) is 52.6 Å². The smallest absolute Gasteiger partial charge is 0.410 e. The molecule has 0 radical (unpaired) electrons. The van der Waals surface area contributed by atoms with Gasteiger partial charge in [0, 0.05) is 18.0 Å². The first-order chi connectivity index (χ1) is 21.3. The van der Waals surface area contributed by atoms with Crippen LogP contribution >= 0.6 is 0 Å². The van der Waals surface area contributed by atoms with Gasteiger partial charge in [0.2, 0.25) is 5.82 Å². The number of likely N-dealkylation sites (tertiary alicyclic amines) is 1. The molecule has 1 aliphatic heterocycles. The largest absolute Gasteiger partial charge is 0.484 e. The second-order valence-electron chi connectivity index (χ2n) is 12.1. The van der Waals surface area contributed by atoms with E-state index in [4.69, 9.17) is 18.7 Å². The Morgan fingerprint density at radius 3 is 2.43 bits per heavy atom. The van der Waals surface area contributed by atoms with E-state index in [1.807, 2.05) is 75.4 Å². The van der Waals surface area contributed by atoms with Gasteiger partial charge in [0.25, 0.3) is 5.89 Å². The third-order valence-corrected chi connectivity index (χ3v) is 7.66. The summed E-state index contributed by atoms with van der Waals surface area (Å²) in [6.07, 6.45) is 0.242. The molecule has 5 aromatic rings. The molecule has 226 valence electrons. The highest BCUT2D eigenvalue weighted by atomic mass is 16.6. The number of fused-ring (bicyclic) bond motifs is 1. The summed E-state index contributed by atoms with van der Waals surface area (Å²) in [7, 11) is 0. The minimum atomic E-state index is -0.560. The van der Waals surface area contributed by atoms with Crippen LogP contribution in [0.15, 0.2) is 102 Å². The molecular formula is C36H37N3O5. The van der Waals surface area contributed by atoms with E-state index in [-0.39, 0.29) is 24.7 Å². The predicted octanol–water partition coefficient (Wildman–Crippen LogP) is 7.78. The van der Waals surface area contributed by atoms with E-state index in [9.17, 15) is 4.79 Å². The number of aromatic nitrogens is 2. The van der Waals surface area contributed by atoms with Crippen molar-refractivity contribution >= 4 is 16.9 Å². The van der Waals surface area contributed by atoms with Crippen LogP contribution in [0, 0.1) is 0 Å². The Morgan fingerprint density at radius 1 is 0.909 bits per heavy atom. The quantitative estimate of drug-likeness (QED) is 0.182.